The lowest BCUT2D eigenvalue weighted by atomic mass is 10.1. The van der Waals surface area contributed by atoms with E-state index in [2.05, 4.69) is 22.6 Å². The topological polar surface area (TPSA) is 65.1 Å². The number of thioether (sulfide) groups is 1. The van der Waals surface area contributed by atoms with Crippen LogP contribution in [0.15, 0.2) is 65.6 Å². The molecular formula is C27H23ClINO5S. The number of halogens is 2. The number of amides is 2. The Labute approximate surface area is 232 Å². The van der Waals surface area contributed by atoms with Gasteiger partial charge in [0.05, 0.1) is 22.1 Å². The van der Waals surface area contributed by atoms with Crippen molar-refractivity contribution in [1.82, 2.24) is 4.90 Å². The second kappa shape index (κ2) is 12.0. The molecule has 9 heteroatoms. The van der Waals surface area contributed by atoms with E-state index in [1.165, 1.54) is 4.90 Å². The predicted molar refractivity (Wildman–Crippen MR) is 151 cm³/mol. The van der Waals surface area contributed by atoms with Gasteiger partial charge in [-0.15, -0.1) is 0 Å². The van der Waals surface area contributed by atoms with E-state index < -0.39 is 0 Å². The molecule has 0 atom stereocenters. The summed E-state index contributed by atoms with van der Waals surface area (Å²) in [6.45, 7) is 2.79. The van der Waals surface area contributed by atoms with E-state index in [1.54, 1.807) is 43.5 Å². The zero-order chi connectivity index (χ0) is 25.7. The number of hydrogen-bond donors (Lipinski definition) is 0. The summed E-state index contributed by atoms with van der Waals surface area (Å²) in [5.74, 6) is 1.45. The Hall–Kier alpha value is -2.69. The van der Waals surface area contributed by atoms with Crippen LogP contribution in [0.2, 0.25) is 5.02 Å². The molecule has 1 heterocycles. The molecule has 6 nitrogen and oxygen atoms in total. The van der Waals surface area contributed by atoms with Gasteiger partial charge in [0.15, 0.2) is 11.5 Å². The molecule has 0 N–H and O–H groups in total. The summed E-state index contributed by atoms with van der Waals surface area (Å²) in [5, 5.41) is 0.279. The quantitative estimate of drug-likeness (QED) is 0.187. The van der Waals surface area contributed by atoms with Crippen LogP contribution < -0.4 is 14.2 Å². The summed E-state index contributed by atoms with van der Waals surface area (Å²) in [4.78, 5) is 26.9. The zero-order valence-corrected chi connectivity index (χ0v) is 23.4. The van der Waals surface area contributed by atoms with E-state index in [-0.39, 0.29) is 24.3 Å². The second-order valence-corrected chi connectivity index (χ2v) is 10.5. The lowest BCUT2D eigenvalue weighted by Crippen LogP contribution is -2.32. The number of aryl methyl sites for hydroxylation is 1. The second-order valence-electron chi connectivity index (χ2n) is 7.89. The molecule has 2 amide bonds. The Morgan fingerprint density at radius 1 is 1.06 bits per heavy atom. The van der Waals surface area contributed by atoms with Gasteiger partial charge in [0.1, 0.15) is 19.0 Å². The van der Waals surface area contributed by atoms with Crippen molar-refractivity contribution < 1.29 is 23.8 Å². The van der Waals surface area contributed by atoms with Crippen LogP contribution in [0.25, 0.3) is 6.08 Å². The average Bonchev–Trinajstić information content (AvgIpc) is 3.12. The van der Waals surface area contributed by atoms with Gasteiger partial charge in [0.2, 0.25) is 0 Å². The summed E-state index contributed by atoms with van der Waals surface area (Å²) in [7, 11) is 1.57. The van der Waals surface area contributed by atoms with Crippen LogP contribution in [0.5, 0.6) is 17.2 Å². The van der Waals surface area contributed by atoms with Gasteiger partial charge in [-0.2, -0.15) is 0 Å². The van der Waals surface area contributed by atoms with Gasteiger partial charge < -0.3 is 14.2 Å². The molecule has 0 unspecified atom stereocenters. The van der Waals surface area contributed by atoms with Crippen LogP contribution in [-0.2, 0) is 11.4 Å². The first-order valence-corrected chi connectivity index (χ1v) is 13.3. The number of imide groups is 1. The Balaban J connectivity index is 1.44. The standard InChI is InChI=1S/C27H23ClINO5S/c1-17-5-3-4-6-19(17)16-35-25-22(29)13-18(14-23(25)33-2)15-24-26(31)30(27(32)36-24)11-12-34-21-9-7-20(28)8-10-21/h3-10,13-15H,11-12,16H2,1-2H3/b24-15-. The Kier molecular flexibility index (Phi) is 8.81. The number of methoxy groups -OCH3 is 1. The number of benzene rings is 3. The maximum Gasteiger partial charge on any atom is 0.293 e. The fraction of sp³-hybridized carbons (Fsp3) is 0.185. The Morgan fingerprint density at radius 3 is 2.53 bits per heavy atom. The van der Waals surface area contributed by atoms with Gasteiger partial charge in [0.25, 0.3) is 11.1 Å². The van der Waals surface area contributed by atoms with Gasteiger partial charge in [-0.3, -0.25) is 14.5 Å². The molecule has 3 aromatic rings. The number of carbonyl (C=O) groups excluding carboxylic acids is 2. The number of hydrogen-bond acceptors (Lipinski definition) is 6. The van der Waals surface area contributed by atoms with Crippen molar-refractivity contribution in [2.75, 3.05) is 20.3 Å². The molecule has 0 radical (unpaired) electrons. The van der Waals surface area contributed by atoms with Gasteiger partial charge in [-0.1, -0.05) is 35.9 Å². The molecular weight excluding hydrogens is 613 g/mol. The number of ether oxygens (including phenoxy) is 3. The molecule has 0 saturated carbocycles. The van der Waals surface area contributed by atoms with Crippen LogP contribution >= 0.6 is 46.0 Å². The molecule has 4 rings (SSSR count). The lowest BCUT2D eigenvalue weighted by molar-refractivity contribution is -0.123. The van der Waals surface area contributed by atoms with Crippen LogP contribution in [0.1, 0.15) is 16.7 Å². The fourth-order valence-electron chi connectivity index (χ4n) is 3.51. The SMILES string of the molecule is COc1cc(/C=C2\SC(=O)N(CCOc3ccc(Cl)cc3)C2=O)cc(I)c1OCc1ccccc1C. The van der Waals surface area contributed by atoms with Crippen LogP contribution in [0.3, 0.4) is 0 Å². The Morgan fingerprint density at radius 2 is 1.81 bits per heavy atom. The van der Waals surface area contributed by atoms with Crippen molar-refractivity contribution >= 4 is 63.2 Å². The summed E-state index contributed by atoms with van der Waals surface area (Å²) >= 11 is 8.97. The summed E-state index contributed by atoms with van der Waals surface area (Å²) in [6, 6.07) is 18.6. The molecule has 0 spiro atoms. The first-order chi connectivity index (χ1) is 17.4. The minimum Gasteiger partial charge on any atom is -0.493 e. The maximum absolute atomic E-state index is 12.9. The van der Waals surface area contributed by atoms with Crippen molar-refractivity contribution in [1.29, 1.82) is 0 Å². The molecule has 0 aliphatic carbocycles. The zero-order valence-electron chi connectivity index (χ0n) is 19.6. The highest BCUT2D eigenvalue weighted by molar-refractivity contribution is 14.1. The summed E-state index contributed by atoms with van der Waals surface area (Å²) < 4.78 is 18.1. The number of rotatable bonds is 9. The monoisotopic (exact) mass is 635 g/mol. The molecule has 0 aromatic heterocycles. The fourth-order valence-corrected chi connectivity index (χ4v) is 5.29. The Bertz CT molecular complexity index is 1310. The number of carbonyl (C=O) groups is 2. The first kappa shape index (κ1) is 26.4. The number of nitrogens with zero attached hydrogens (tertiary/aromatic N) is 1. The van der Waals surface area contributed by atoms with Gasteiger partial charge >= 0.3 is 0 Å². The average molecular weight is 636 g/mol. The summed E-state index contributed by atoms with van der Waals surface area (Å²) in [5.41, 5.74) is 2.98. The predicted octanol–water partition coefficient (Wildman–Crippen LogP) is 6.96. The van der Waals surface area contributed by atoms with Crippen molar-refractivity contribution in [2.45, 2.75) is 13.5 Å². The maximum atomic E-state index is 12.9. The molecule has 1 fully saturated rings. The van der Waals surface area contributed by atoms with E-state index in [9.17, 15) is 9.59 Å². The minimum absolute atomic E-state index is 0.150. The molecule has 1 aliphatic rings. The molecule has 186 valence electrons. The van der Waals surface area contributed by atoms with E-state index in [1.807, 2.05) is 37.3 Å². The van der Waals surface area contributed by atoms with E-state index in [4.69, 9.17) is 25.8 Å². The highest BCUT2D eigenvalue weighted by Gasteiger charge is 2.35. The minimum atomic E-state index is -0.349. The van der Waals surface area contributed by atoms with Crippen LogP contribution in [0, 0.1) is 10.5 Å². The van der Waals surface area contributed by atoms with E-state index in [0.29, 0.717) is 33.8 Å². The van der Waals surface area contributed by atoms with Crippen molar-refractivity contribution in [3.8, 4) is 17.2 Å². The van der Waals surface area contributed by atoms with Crippen LogP contribution in [-0.4, -0.2) is 36.3 Å². The van der Waals surface area contributed by atoms with Crippen LogP contribution in [0.4, 0.5) is 4.79 Å². The van der Waals surface area contributed by atoms with Gasteiger partial charge in [-0.25, -0.2) is 0 Å². The molecule has 0 bridgehead atoms. The van der Waals surface area contributed by atoms with E-state index in [0.717, 1.165) is 32.0 Å². The van der Waals surface area contributed by atoms with Crippen molar-refractivity contribution in [2.24, 2.45) is 0 Å². The first-order valence-electron chi connectivity index (χ1n) is 11.0. The lowest BCUT2D eigenvalue weighted by Gasteiger charge is -2.15. The third-order valence-electron chi connectivity index (χ3n) is 5.45. The smallest absolute Gasteiger partial charge is 0.293 e. The highest BCUT2D eigenvalue weighted by Crippen LogP contribution is 2.37. The third-order valence-corrected chi connectivity index (χ3v) is 7.41. The molecule has 1 aliphatic heterocycles. The molecule has 36 heavy (non-hydrogen) atoms. The van der Waals surface area contributed by atoms with Crippen molar-refractivity contribution in [3.05, 3.63) is 90.9 Å². The third kappa shape index (κ3) is 6.35. The van der Waals surface area contributed by atoms with E-state index >= 15 is 0 Å². The van der Waals surface area contributed by atoms with Gasteiger partial charge in [-0.05, 0) is 100 Å². The molecule has 3 aromatic carbocycles. The molecule has 1 saturated heterocycles. The highest BCUT2D eigenvalue weighted by atomic mass is 127. The summed E-state index contributed by atoms with van der Waals surface area (Å²) in [6.07, 6.45) is 1.70. The normalized spacial score (nSPS) is 14.4. The largest absolute Gasteiger partial charge is 0.493 e. The van der Waals surface area contributed by atoms with Crippen molar-refractivity contribution in [3.63, 3.8) is 0 Å². The van der Waals surface area contributed by atoms with Gasteiger partial charge in [0, 0.05) is 5.02 Å².